The number of H-pyrrole nitrogens is 1. The van der Waals surface area contributed by atoms with Crippen molar-refractivity contribution >= 4 is 11.6 Å². The van der Waals surface area contributed by atoms with Crippen molar-refractivity contribution in [2.75, 3.05) is 57.7 Å². The third-order valence-electron chi connectivity index (χ3n) is 9.41. The molecule has 1 amide bonds. The molecule has 5 rings (SSSR count). The molecule has 4 aliphatic rings. The first kappa shape index (κ1) is 31.1. The molecule has 10 nitrogen and oxygen atoms in total. The molecule has 42 heavy (non-hydrogen) atoms. The van der Waals surface area contributed by atoms with E-state index < -0.39 is 47.6 Å². The number of aromatic amines is 1. The number of carbonyl (C=O) groups excluding carboxylic acids is 1. The fourth-order valence-electron chi connectivity index (χ4n) is 7.34. The van der Waals surface area contributed by atoms with Gasteiger partial charge in [0.05, 0.1) is 38.1 Å². The van der Waals surface area contributed by atoms with E-state index in [1.54, 1.807) is 12.0 Å². The van der Waals surface area contributed by atoms with Gasteiger partial charge in [0, 0.05) is 38.1 Å². The predicted molar refractivity (Wildman–Crippen MR) is 144 cm³/mol. The molecule has 4 aliphatic heterocycles. The normalized spacial score (nSPS) is 28.5. The highest BCUT2D eigenvalue weighted by molar-refractivity contribution is 5.83. The van der Waals surface area contributed by atoms with Crippen LogP contribution in [0.25, 0.3) is 0 Å². The molecule has 4 saturated heterocycles. The van der Waals surface area contributed by atoms with Gasteiger partial charge in [-0.05, 0) is 39.0 Å². The summed E-state index contributed by atoms with van der Waals surface area (Å²) in [7, 11) is 0. The smallest absolute Gasteiger partial charge is 0.378 e. The number of carbonyl (C=O) groups is 1. The lowest BCUT2D eigenvalue weighted by atomic mass is 9.97. The second-order valence-corrected chi connectivity index (χ2v) is 12.2. The number of hydrogen-bond acceptors (Lipinski definition) is 7. The van der Waals surface area contributed by atoms with Crippen LogP contribution in [0.1, 0.15) is 51.0 Å². The molecule has 4 atom stereocenters. The highest BCUT2D eigenvalue weighted by Crippen LogP contribution is 2.33. The summed E-state index contributed by atoms with van der Waals surface area (Å²) >= 11 is 0. The van der Waals surface area contributed by atoms with Gasteiger partial charge >= 0.3 is 6.18 Å². The molecule has 1 aromatic rings. The number of anilines is 1. The molecule has 0 bridgehead atoms. The van der Waals surface area contributed by atoms with Crippen LogP contribution in [0, 0.1) is 0 Å². The van der Waals surface area contributed by atoms with Crippen molar-refractivity contribution < 1.29 is 36.0 Å². The zero-order valence-corrected chi connectivity index (χ0v) is 23.8. The van der Waals surface area contributed by atoms with Crippen molar-refractivity contribution in [1.29, 1.82) is 0 Å². The third kappa shape index (κ3) is 6.58. The lowest BCUT2D eigenvalue weighted by Gasteiger charge is -2.56. The number of rotatable bonds is 8. The Morgan fingerprint density at radius 2 is 1.83 bits per heavy atom. The van der Waals surface area contributed by atoms with E-state index in [1.807, 2.05) is 4.90 Å². The average Bonchev–Trinajstić information content (AvgIpc) is 3.31. The molecule has 15 heteroatoms. The Kier molecular flexibility index (Phi) is 9.40. The molecule has 236 valence electrons. The summed E-state index contributed by atoms with van der Waals surface area (Å²) in [5.74, 6) is -0.118. The number of ether oxygens (including phenoxy) is 1. The van der Waals surface area contributed by atoms with Crippen molar-refractivity contribution in [2.45, 2.75) is 88.4 Å². The first-order chi connectivity index (χ1) is 20.0. The Morgan fingerprint density at radius 1 is 1.12 bits per heavy atom. The molecule has 1 aromatic heterocycles. The van der Waals surface area contributed by atoms with E-state index in [4.69, 9.17) is 4.74 Å². The lowest BCUT2D eigenvalue weighted by Crippen LogP contribution is -2.75. The molecule has 0 radical (unpaired) electrons. The average molecular weight is 607 g/mol. The molecule has 0 aromatic carbocycles. The SMILES string of the molecule is C[C@@H](CO[C@H]1CCN(C2CCN(C3CNC(C(F)F)C[N+]34CCCCC4)CC2)C1=O)Nc1cn[nH]c(=O)c1C(F)(F)F. The molecule has 4 fully saturated rings. The van der Waals surface area contributed by atoms with E-state index in [0.717, 1.165) is 69.0 Å². The standard InChI is InChI=1S/C27H40F5N7O3/c1-17(35-19-13-34-36-25(40)23(19)27(30,31)32)16-42-21-7-10-38(26(21)41)18-5-8-37(9-6-18)22-14-33-20(24(28)29)15-39(22)11-3-2-4-12-39/h13,17-18,20-22,24,33H,2-12,14-16H2,1H3,(H-,35,36,40)/p+1/t17-,20?,21-,22?/m0/s1. The van der Waals surface area contributed by atoms with Gasteiger partial charge < -0.3 is 19.4 Å². The zero-order chi connectivity index (χ0) is 30.1. The summed E-state index contributed by atoms with van der Waals surface area (Å²) in [4.78, 5) is 29.2. The summed E-state index contributed by atoms with van der Waals surface area (Å²) in [5.41, 5.74) is -3.14. The van der Waals surface area contributed by atoms with Gasteiger partial charge in [-0.25, -0.2) is 13.9 Å². The Balaban J connectivity index is 1.12. The maximum atomic E-state index is 13.6. The Hall–Kier alpha value is -2.36. The number of amides is 1. The molecular weight excluding hydrogens is 565 g/mol. The van der Waals surface area contributed by atoms with Crippen LogP contribution in [0.4, 0.5) is 27.6 Å². The number of halogens is 5. The second kappa shape index (κ2) is 12.7. The van der Waals surface area contributed by atoms with E-state index in [-0.39, 0.29) is 24.7 Å². The molecule has 1 spiro atoms. The number of quaternary nitrogens is 1. The Morgan fingerprint density at radius 3 is 2.50 bits per heavy atom. The van der Waals surface area contributed by atoms with Gasteiger partial charge in [0.1, 0.15) is 24.3 Å². The van der Waals surface area contributed by atoms with Crippen molar-refractivity contribution in [3.05, 3.63) is 22.1 Å². The Bertz CT molecular complexity index is 1140. The third-order valence-corrected chi connectivity index (χ3v) is 9.41. The van der Waals surface area contributed by atoms with E-state index in [0.29, 0.717) is 26.1 Å². The minimum atomic E-state index is -4.85. The molecule has 3 N–H and O–H groups in total. The van der Waals surface area contributed by atoms with Crippen LogP contribution in [-0.2, 0) is 15.7 Å². The van der Waals surface area contributed by atoms with Crippen LogP contribution in [0.15, 0.2) is 11.0 Å². The lowest BCUT2D eigenvalue weighted by molar-refractivity contribution is -0.970. The number of hydrogen-bond donors (Lipinski definition) is 3. The maximum Gasteiger partial charge on any atom is 0.423 e. The zero-order valence-electron chi connectivity index (χ0n) is 23.8. The molecule has 0 aliphatic carbocycles. The van der Waals surface area contributed by atoms with Crippen LogP contribution in [-0.4, -0.2) is 120 Å². The number of alkyl halides is 5. The number of piperazine rings is 1. The molecular formula is C27H41F5N7O3+. The van der Waals surface area contributed by atoms with Crippen LogP contribution >= 0.6 is 0 Å². The summed E-state index contributed by atoms with van der Waals surface area (Å²) in [6.45, 7) is 6.57. The summed E-state index contributed by atoms with van der Waals surface area (Å²) < 4.78 is 73.7. The first-order valence-electron chi connectivity index (χ1n) is 14.9. The molecule has 2 unspecified atom stereocenters. The second-order valence-electron chi connectivity index (χ2n) is 12.2. The van der Waals surface area contributed by atoms with E-state index >= 15 is 0 Å². The quantitative estimate of drug-likeness (QED) is 0.308. The number of nitrogens with one attached hydrogen (secondary N) is 3. The minimum Gasteiger partial charge on any atom is -0.378 e. The first-order valence-corrected chi connectivity index (χ1v) is 14.9. The fourth-order valence-corrected chi connectivity index (χ4v) is 7.34. The topological polar surface area (TPSA) is 103 Å². The minimum absolute atomic E-state index is 0.0267. The number of piperidine rings is 2. The molecule has 0 saturated carbocycles. The molecule has 5 heterocycles. The highest BCUT2D eigenvalue weighted by Gasteiger charge is 2.49. The largest absolute Gasteiger partial charge is 0.423 e. The van der Waals surface area contributed by atoms with Crippen LogP contribution in [0.5, 0.6) is 0 Å². The summed E-state index contributed by atoms with van der Waals surface area (Å²) in [6, 6.07) is -1.32. The monoisotopic (exact) mass is 606 g/mol. The van der Waals surface area contributed by atoms with Gasteiger partial charge in [-0.2, -0.15) is 18.3 Å². The van der Waals surface area contributed by atoms with Crippen molar-refractivity contribution in [1.82, 2.24) is 25.3 Å². The van der Waals surface area contributed by atoms with E-state index in [9.17, 15) is 31.5 Å². The van der Waals surface area contributed by atoms with Gasteiger partial charge in [0.25, 0.3) is 17.9 Å². The van der Waals surface area contributed by atoms with Crippen LogP contribution in [0.3, 0.4) is 0 Å². The van der Waals surface area contributed by atoms with E-state index in [1.165, 1.54) is 0 Å². The summed E-state index contributed by atoms with van der Waals surface area (Å²) in [6.07, 6.45) is -1.49. The van der Waals surface area contributed by atoms with Gasteiger partial charge in [0.15, 0.2) is 6.17 Å². The van der Waals surface area contributed by atoms with Crippen LogP contribution in [0.2, 0.25) is 0 Å². The van der Waals surface area contributed by atoms with Crippen LogP contribution < -0.4 is 16.2 Å². The number of aromatic nitrogens is 2. The van der Waals surface area contributed by atoms with Crippen molar-refractivity contribution in [3.63, 3.8) is 0 Å². The Labute approximate surface area is 241 Å². The predicted octanol–water partition coefficient (Wildman–Crippen LogP) is 2.23. The van der Waals surface area contributed by atoms with Gasteiger partial charge in [-0.3, -0.25) is 19.8 Å². The maximum absolute atomic E-state index is 13.6. The van der Waals surface area contributed by atoms with Gasteiger partial charge in [-0.15, -0.1) is 0 Å². The van der Waals surface area contributed by atoms with E-state index in [2.05, 4.69) is 20.6 Å². The van der Waals surface area contributed by atoms with Crippen molar-refractivity contribution in [3.8, 4) is 0 Å². The number of nitrogens with zero attached hydrogens (tertiary/aromatic N) is 4. The summed E-state index contributed by atoms with van der Waals surface area (Å²) in [5, 5.41) is 11.0. The number of likely N-dealkylation sites (tertiary alicyclic amines) is 2. The fraction of sp³-hybridized carbons (Fsp3) is 0.815. The van der Waals surface area contributed by atoms with Gasteiger partial charge in [0.2, 0.25) is 0 Å². The van der Waals surface area contributed by atoms with Crippen molar-refractivity contribution in [2.24, 2.45) is 0 Å². The highest BCUT2D eigenvalue weighted by atomic mass is 19.4. The van der Waals surface area contributed by atoms with Gasteiger partial charge in [-0.1, -0.05) is 0 Å².